The zero-order valence-corrected chi connectivity index (χ0v) is 13.9. The van der Waals surface area contributed by atoms with E-state index in [1.54, 1.807) is 0 Å². The molecule has 1 N–H and O–H groups in total. The molecule has 0 amide bonds. The third-order valence-corrected chi connectivity index (χ3v) is 2.98. The molecule has 0 radical (unpaired) electrons. The summed E-state index contributed by atoms with van der Waals surface area (Å²) in [4.78, 5) is 0. The van der Waals surface area contributed by atoms with Crippen LogP contribution in [-0.2, 0) is 6.54 Å². The van der Waals surface area contributed by atoms with Gasteiger partial charge < -0.3 is 10.1 Å². The largest absolute Gasteiger partial charge is 0.488 e. The molecule has 0 fully saturated rings. The third kappa shape index (κ3) is 6.89. The maximum atomic E-state index is 14.0. The van der Waals surface area contributed by atoms with Crippen LogP contribution in [0.15, 0.2) is 12.1 Å². The van der Waals surface area contributed by atoms with Crippen molar-refractivity contribution >= 4 is 0 Å². The first-order valence-electron chi connectivity index (χ1n) is 7.34. The molecule has 0 atom stereocenters. The van der Waals surface area contributed by atoms with Crippen molar-refractivity contribution in [2.24, 2.45) is 5.41 Å². The van der Waals surface area contributed by atoms with Crippen molar-refractivity contribution in [3.05, 3.63) is 29.3 Å². The molecule has 0 saturated carbocycles. The second-order valence-electron chi connectivity index (χ2n) is 7.65. The fourth-order valence-electron chi connectivity index (χ4n) is 1.68. The van der Waals surface area contributed by atoms with E-state index >= 15 is 0 Å². The Morgan fingerprint density at radius 3 is 1.95 bits per heavy atom. The number of halogens is 2. The van der Waals surface area contributed by atoms with Crippen LogP contribution in [-0.4, -0.2) is 12.1 Å². The predicted octanol–water partition coefficient (Wildman–Crippen LogP) is 4.67. The van der Waals surface area contributed by atoms with Crippen molar-refractivity contribution in [2.75, 3.05) is 6.61 Å². The number of benzene rings is 1. The molecule has 0 aliphatic carbocycles. The van der Waals surface area contributed by atoms with Crippen molar-refractivity contribution in [3.8, 4) is 5.75 Å². The molecule has 0 spiro atoms. The number of nitrogens with one attached hydrogen (secondary N) is 1. The summed E-state index contributed by atoms with van der Waals surface area (Å²) in [6, 6.07) is 2.66. The van der Waals surface area contributed by atoms with Crippen LogP contribution in [0, 0.1) is 17.0 Å². The Bertz CT molecular complexity index is 450. The second kappa shape index (κ2) is 6.73. The Morgan fingerprint density at radius 1 is 1.00 bits per heavy atom. The van der Waals surface area contributed by atoms with Gasteiger partial charge in [-0.05, 0) is 50.3 Å². The molecule has 0 unspecified atom stereocenters. The first-order valence-corrected chi connectivity index (χ1v) is 7.34. The molecule has 0 saturated heterocycles. The molecule has 120 valence electrons. The molecule has 0 bridgehead atoms. The molecule has 21 heavy (non-hydrogen) atoms. The lowest BCUT2D eigenvalue weighted by atomic mass is 9.93. The maximum absolute atomic E-state index is 14.0. The van der Waals surface area contributed by atoms with Crippen LogP contribution in [0.5, 0.6) is 5.75 Å². The van der Waals surface area contributed by atoms with Crippen LogP contribution < -0.4 is 10.1 Å². The summed E-state index contributed by atoms with van der Waals surface area (Å²) in [5.41, 5.74) is 0.543. The van der Waals surface area contributed by atoms with E-state index in [0.29, 0.717) is 18.7 Å². The lowest BCUT2D eigenvalue weighted by molar-refractivity contribution is 0.226. The number of rotatable bonds is 5. The zero-order chi connectivity index (χ0) is 16.3. The van der Waals surface area contributed by atoms with Gasteiger partial charge in [-0.1, -0.05) is 20.8 Å². The van der Waals surface area contributed by atoms with E-state index in [2.05, 4.69) is 26.1 Å². The highest BCUT2D eigenvalue weighted by atomic mass is 19.1. The Kier molecular flexibility index (Phi) is 5.74. The summed E-state index contributed by atoms with van der Waals surface area (Å²) in [6.45, 7) is 12.9. The Labute approximate surface area is 126 Å². The Hall–Kier alpha value is -1.16. The fraction of sp³-hybridized carbons (Fsp3) is 0.647. The highest BCUT2D eigenvalue weighted by molar-refractivity contribution is 5.31. The Balaban J connectivity index is 2.71. The van der Waals surface area contributed by atoms with E-state index in [-0.39, 0.29) is 16.7 Å². The molecule has 0 heterocycles. The summed E-state index contributed by atoms with van der Waals surface area (Å²) in [5.74, 6) is -1.57. The highest BCUT2D eigenvalue weighted by Crippen LogP contribution is 2.25. The highest BCUT2D eigenvalue weighted by Gasteiger charge is 2.16. The van der Waals surface area contributed by atoms with Crippen molar-refractivity contribution in [1.29, 1.82) is 0 Å². The molecule has 0 aliphatic rings. The quantitative estimate of drug-likeness (QED) is 0.853. The summed E-state index contributed by atoms with van der Waals surface area (Å²) >= 11 is 0. The molecule has 4 heteroatoms. The summed E-state index contributed by atoms with van der Waals surface area (Å²) < 4.78 is 33.2. The van der Waals surface area contributed by atoms with Gasteiger partial charge in [0.15, 0.2) is 17.4 Å². The number of hydrogen-bond donors (Lipinski definition) is 1. The first kappa shape index (κ1) is 17.9. The van der Waals surface area contributed by atoms with Crippen LogP contribution in [0.2, 0.25) is 0 Å². The second-order valence-corrected chi connectivity index (χ2v) is 7.65. The van der Waals surface area contributed by atoms with Crippen molar-refractivity contribution in [2.45, 2.75) is 60.0 Å². The van der Waals surface area contributed by atoms with Crippen LogP contribution in [0.4, 0.5) is 8.78 Å². The summed E-state index contributed by atoms with van der Waals surface area (Å²) in [7, 11) is 0. The van der Waals surface area contributed by atoms with Gasteiger partial charge >= 0.3 is 0 Å². The third-order valence-electron chi connectivity index (χ3n) is 2.98. The van der Waals surface area contributed by atoms with Crippen molar-refractivity contribution in [1.82, 2.24) is 5.32 Å². The Morgan fingerprint density at radius 2 is 1.52 bits per heavy atom. The normalized spacial score (nSPS) is 12.6. The topological polar surface area (TPSA) is 21.3 Å². The van der Waals surface area contributed by atoms with Gasteiger partial charge in [0, 0.05) is 12.1 Å². The van der Waals surface area contributed by atoms with E-state index in [9.17, 15) is 8.78 Å². The van der Waals surface area contributed by atoms with Gasteiger partial charge in [0.2, 0.25) is 0 Å². The minimum atomic E-state index is -0.644. The van der Waals surface area contributed by atoms with E-state index in [4.69, 9.17) is 4.74 Å². The average Bonchev–Trinajstić information content (AvgIpc) is 2.28. The molecular weight excluding hydrogens is 272 g/mol. The van der Waals surface area contributed by atoms with Crippen molar-refractivity contribution in [3.63, 3.8) is 0 Å². The molecule has 0 aliphatic heterocycles. The van der Waals surface area contributed by atoms with E-state index in [0.717, 1.165) is 6.42 Å². The lowest BCUT2D eigenvalue weighted by Gasteiger charge is -2.21. The van der Waals surface area contributed by atoms with Crippen LogP contribution in [0.1, 0.15) is 53.5 Å². The van der Waals surface area contributed by atoms with Gasteiger partial charge in [-0.25, -0.2) is 8.78 Å². The minimum absolute atomic E-state index is 0.0729. The van der Waals surface area contributed by atoms with E-state index < -0.39 is 11.6 Å². The van der Waals surface area contributed by atoms with Crippen LogP contribution in [0.3, 0.4) is 0 Å². The van der Waals surface area contributed by atoms with Gasteiger partial charge in [0.25, 0.3) is 0 Å². The lowest BCUT2D eigenvalue weighted by Crippen LogP contribution is -2.35. The molecular formula is C17H27F2NO. The van der Waals surface area contributed by atoms with Gasteiger partial charge in [0.1, 0.15) is 0 Å². The van der Waals surface area contributed by atoms with Gasteiger partial charge in [-0.15, -0.1) is 0 Å². The summed E-state index contributed by atoms with van der Waals surface area (Å²) in [5, 5.41) is 3.20. The van der Waals surface area contributed by atoms with E-state index in [1.807, 2.05) is 20.8 Å². The fourth-order valence-corrected chi connectivity index (χ4v) is 1.68. The monoisotopic (exact) mass is 299 g/mol. The van der Waals surface area contributed by atoms with Gasteiger partial charge in [-0.2, -0.15) is 0 Å². The molecule has 1 aromatic carbocycles. The number of ether oxygens (including phenoxy) is 1. The molecule has 2 nitrogen and oxygen atoms in total. The van der Waals surface area contributed by atoms with Gasteiger partial charge in [-0.3, -0.25) is 0 Å². The maximum Gasteiger partial charge on any atom is 0.190 e. The van der Waals surface area contributed by atoms with Crippen LogP contribution in [0.25, 0.3) is 0 Å². The zero-order valence-electron chi connectivity index (χ0n) is 13.9. The number of hydrogen-bond acceptors (Lipinski definition) is 2. The summed E-state index contributed by atoms with van der Waals surface area (Å²) in [6.07, 6.45) is 0.735. The minimum Gasteiger partial charge on any atom is -0.488 e. The molecule has 0 aromatic heterocycles. The molecule has 1 aromatic rings. The molecule has 1 rings (SSSR count). The standard InChI is InChI=1S/C17H27F2NO/c1-16(2,3)7-8-21-15-13(18)9-12(10-14(15)19)11-20-17(4,5)6/h9-10,20H,7-8,11H2,1-6H3. The van der Waals surface area contributed by atoms with Crippen LogP contribution >= 0.6 is 0 Å². The average molecular weight is 299 g/mol. The van der Waals surface area contributed by atoms with Gasteiger partial charge in [0.05, 0.1) is 6.61 Å². The smallest absolute Gasteiger partial charge is 0.190 e. The van der Waals surface area contributed by atoms with Crippen molar-refractivity contribution < 1.29 is 13.5 Å². The van der Waals surface area contributed by atoms with E-state index in [1.165, 1.54) is 12.1 Å². The predicted molar refractivity (Wildman–Crippen MR) is 82.5 cm³/mol. The first-order chi connectivity index (χ1) is 9.48. The SMILES string of the molecule is CC(C)(C)CCOc1c(F)cc(CNC(C)(C)C)cc1F.